The minimum absolute atomic E-state index is 0. The van der Waals surface area contributed by atoms with Crippen LogP contribution < -0.4 is 0 Å². The Hall–Kier alpha value is -1.50. The summed E-state index contributed by atoms with van der Waals surface area (Å²) in [6.45, 7) is 12.3. The standard InChI is InChI=1S/C19H26N2O3S.ClH/c1-18(2,3)12-8-11(9-13(15(12)22)19(4,5)6)10-14-16(23)20-17(25-14)21(7)24;/h8-10,22,24H,1-7H3;1H/b14-10-;. The number of nitrogens with zero attached hydrogens (tertiary/aromatic N) is 2. The van der Waals surface area contributed by atoms with Crippen molar-refractivity contribution in [1.82, 2.24) is 5.06 Å². The van der Waals surface area contributed by atoms with E-state index in [-0.39, 0.29) is 34.3 Å². The molecule has 1 aliphatic rings. The van der Waals surface area contributed by atoms with Crippen molar-refractivity contribution in [3.63, 3.8) is 0 Å². The van der Waals surface area contributed by atoms with Crippen molar-refractivity contribution in [2.45, 2.75) is 52.4 Å². The number of halogens is 1. The summed E-state index contributed by atoms with van der Waals surface area (Å²) in [7, 11) is 1.43. The fourth-order valence-corrected chi connectivity index (χ4v) is 3.36. The summed E-state index contributed by atoms with van der Waals surface area (Å²) in [5.74, 6) is -0.0665. The highest BCUT2D eigenvalue weighted by atomic mass is 35.5. The molecule has 0 saturated heterocycles. The van der Waals surface area contributed by atoms with E-state index in [9.17, 15) is 15.1 Å². The van der Waals surface area contributed by atoms with Crippen LogP contribution in [0.2, 0.25) is 0 Å². The molecule has 0 fully saturated rings. The molecule has 0 atom stereocenters. The third kappa shape index (κ3) is 4.81. The van der Waals surface area contributed by atoms with Gasteiger partial charge in [0.1, 0.15) is 5.75 Å². The quantitative estimate of drug-likeness (QED) is 0.529. The van der Waals surface area contributed by atoms with E-state index < -0.39 is 0 Å². The van der Waals surface area contributed by atoms with Crippen LogP contribution in [0.4, 0.5) is 0 Å². The van der Waals surface area contributed by atoms with Gasteiger partial charge in [-0.3, -0.25) is 10.0 Å². The molecule has 0 radical (unpaired) electrons. The van der Waals surface area contributed by atoms with Gasteiger partial charge in [-0.15, -0.1) is 12.4 Å². The lowest BCUT2D eigenvalue weighted by atomic mass is 9.78. The number of carbonyl (C=O) groups excluding carboxylic acids is 1. The number of amides is 1. The molecule has 7 heteroatoms. The zero-order chi connectivity index (χ0) is 19.2. The Morgan fingerprint density at radius 1 is 1.08 bits per heavy atom. The molecule has 0 saturated carbocycles. The Bertz CT molecular complexity index is 737. The molecule has 1 heterocycles. The number of thioether (sulfide) groups is 1. The van der Waals surface area contributed by atoms with Gasteiger partial charge in [-0.05, 0) is 46.4 Å². The molecule has 144 valence electrons. The molecule has 26 heavy (non-hydrogen) atoms. The second kappa shape index (κ2) is 7.62. The first-order chi connectivity index (χ1) is 11.3. The van der Waals surface area contributed by atoms with E-state index >= 15 is 0 Å². The predicted octanol–water partition coefficient (Wildman–Crippen LogP) is 4.70. The Labute approximate surface area is 165 Å². The summed E-state index contributed by atoms with van der Waals surface area (Å²) in [6.07, 6.45) is 1.76. The molecule has 1 aromatic carbocycles. The van der Waals surface area contributed by atoms with Crippen molar-refractivity contribution in [3.05, 3.63) is 33.7 Å². The lowest BCUT2D eigenvalue weighted by Crippen LogP contribution is -2.17. The average molecular weight is 399 g/mol. The monoisotopic (exact) mass is 398 g/mol. The van der Waals surface area contributed by atoms with Gasteiger partial charge in [-0.1, -0.05) is 41.5 Å². The molecule has 5 nitrogen and oxygen atoms in total. The maximum atomic E-state index is 12.1. The average Bonchev–Trinajstić information content (AvgIpc) is 2.79. The van der Waals surface area contributed by atoms with E-state index in [2.05, 4.69) is 4.99 Å². The molecule has 1 aromatic rings. The minimum atomic E-state index is -0.372. The highest BCUT2D eigenvalue weighted by Crippen LogP contribution is 2.40. The molecular weight excluding hydrogens is 372 g/mol. The summed E-state index contributed by atoms with van der Waals surface area (Å²) in [5, 5.41) is 21.3. The first-order valence-corrected chi connectivity index (χ1v) is 8.95. The number of hydroxylamine groups is 2. The highest BCUT2D eigenvalue weighted by molar-refractivity contribution is 8.18. The van der Waals surface area contributed by atoms with Gasteiger partial charge >= 0.3 is 0 Å². The number of benzene rings is 1. The second-order valence-electron chi connectivity index (χ2n) is 8.30. The molecule has 2 N–H and O–H groups in total. The Balaban J connectivity index is 0.00000338. The van der Waals surface area contributed by atoms with Crippen LogP contribution in [0.15, 0.2) is 22.0 Å². The zero-order valence-corrected chi connectivity index (χ0v) is 17.9. The topological polar surface area (TPSA) is 73.1 Å². The number of aliphatic imine (C=N–C) groups is 1. The number of aromatic hydroxyl groups is 1. The number of phenols is 1. The first-order valence-electron chi connectivity index (χ1n) is 8.14. The van der Waals surface area contributed by atoms with Crippen molar-refractivity contribution < 1.29 is 15.1 Å². The summed E-state index contributed by atoms with van der Waals surface area (Å²) in [4.78, 5) is 16.3. The van der Waals surface area contributed by atoms with Crippen molar-refractivity contribution in [2.75, 3.05) is 7.05 Å². The van der Waals surface area contributed by atoms with Crippen molar-refractivity contribution >= 4 is 41.3 Å². The maximum Gasteiger partial charge on any atom is 0.286 e. The van der Waals surface area contributed by atoms with E-state index in [1.54, 1.807) is 6.08 Å². The molecule has 0 aromatic heterocycles. The van der Waals surface area contributed by atoms with E-state index in [1.165, 1.54) is 7.05 Å². The molecule has 0 aliphatic carbocycles. The van der Waals surface area contributed by atoms with Crippen LogP contribution in [0, 0.1) is 0 Å². The van der Waals surface area contributed by atoms with Crippen molar-refractivity contribution in [3.8, 4) is 5.75 Å². The summed E-state index contributed by atoms with van der Waals surface area (Å²) in [5.41, 5.74) is 2.03. The fraction of sp³-hybridized carbons (Fsp3) is 0.474. The van der Waals surface area contributed by atoms with Crippen molar-refractivity contribution in [1.29, 1.82) is 0 Å². The van der Waals surface area contributed by atoms with Gasteiger partial charge in [-0.2, -0.15) is 4.99 Å². The minimum Gasteiger partial charge on any atom is -0.507 e. The lowest BCUT2D eigenvalue weighted by molar-refractivity contribution is -0.113. The van der Waals surface area contributed by atoms with E-state index in [1.807, 2.05) is 53.7 Å². The second-order valence-corrected chi connectivity index (χ2v) is 9.31. The number of hydrogen-bond acceptors (Lipinski definition) is 5. The highest BCUT2D eigenvalue weighted by Gasteiger charge is 2.28. The summed E-state index contributed by atoms with van der Waals surface area (Å²) < 4.78 is 0. The number of rotatable bonds is 1. The van der Waals surface area contributed by atoms with E-state index in [0.717, 1.165) is 33.5 Å². The van der Waals surface area contributed by atoms with Gasteiger partial charge < -0.3 is 5.11 Å². The molecular formula is C19H27ClN2O3S. The number of phenolic OH excluding ortho intramolecular Hbond substituents is 1. The lowest BCUT2D eigenvalue weighted by Gasteiger charge is -2.28. The molecule has 0 unspecified atom stereocenters. The normalized spacial score (nSPS) is 16.5. The predicted molar refractivity (Wildman–Crippen MR) is 110 cm³/mol. The van der Waals surface area contributed by atoms with Crippen LogP contribution in [-0.2, 0) is 15.6 Å². The van der Waals surface area contributed by atoms with E-state index in [0.29, 0.717) is 10.7 Å². The number of hydrogen-bond donors (Lipinski definition) is 2. The van der Waals surface area contributed by atoms with Gasteiger partial charge in [0.2, 0.25) is 0 Å². The number of amidine groups is 1. The molecule has 0 spiro atoms. The largest absolute Gasteiger partial charge is 0.507 e. The van der Waals surface area contributed by atoms with Gasteiger partial charge in [0, 0.05) is 18.2 Å². The van der Waals surface area contributed by atoms with Crippen LogP contribution in [-0.4, -0.2) is 33.5 Å². The third-order valence-electron chi connectivity index (χ3n) is 3.93. The first kappa shape index (κ1) is 22.5. The maximum absolute atomic E-state index is 12.1. The molecule has 1 amide bonds. The van der Waals surface area contributed by atoms with E-state index in [4.69, 9.17) is 0 Å². The van der Waals surface area contributed by atoms with Gasteiger partial charge in [0.25, 0.3) is 5.91 Å². The zero-order valence-electron chi connectivity index (χ0n) is 16.2. The summed E-state index contributed by atoms with van der Waals surface area (Å²) in [6, 6.07) is 3.82. The smallest absolute Gasteiger partial charge is 0.286 e. The fourth-order valence-electron chi connectivity index (χ4n) is 2.57. The Morgan fingerprint density at radius 2 is 1.54 bits per heavy atom. The number of carbonyl (C=O) groups is 1. The van der Waals surface area contributed by atoms with Crippen LogP contribution >= 0.6 is 24.2 Å². The SMILES string of the molecule is CN(O)C1=NC(=O)/C(=C/c2cc(C(C)(C)C)c(O)c(C(C)(C)C)c2)S1.Cl. The van der Waals surface area contributed by atoms with Gasteiger partial charge in [0.05, 0.1) is 4.91 Å². The molecule has 2 rings (SSSR count). The Morgan fingerprint density at radius 3 is 1.88 bits per heavy atom. The van der Waals surface area contributed by atoms with Crippen LogP contribution in [0.25, 0.3) is 6.08 Å². The van der Waals surface area contributed by atoms with Crippen LogP contribution in [0.3, 0.4) is 0 Å². The summed E-state index contributed by atoms with van der Waals surface area (Å²) >= 11 is 1.13. The van der Waals surface area contributed by atoms with Gasteiger partial charge in [-0.25, -0.2) is 5.06 Å². The van der Waals surface area contributed by atoms with Crippen molar-refractivity contribution in [2.24, 2.45) is 4.99 Å². The molecule has 1 aliphatic heterocycles. The third-order valence-corrected chi connectivity index (χ3v) is 4.98. The van der Waals surface area contributed by atoms with Crippen LogP contribution in [0.5, 0.6) is 5.75 Å². The van der Waals surface area contributed by atoms with Gasteiger partial charge in [0.15, 0.2) is 5.17 Å². The molecule has 0 bridgehead atoms. The Kier molecular flexibility index (Phi) is 6.61. The van der Waals surface area contributed by atoms with Crippen LogP contribution in [0.1, 0.15) is 58.2 Å².